The van der Waals surface area contributed by atoms with Gasteiger partial charge in [-0.25, -0.2) is 0 Å². The molecule has 14 heavy (non-hydrogen) atoms. The summed E-state index contributed by atoms with van der Waals surface area (Å²) in [6.07, 6.45) is 7.51. The van der Waals surface area contributed by atoms with Crippen LogP contribution in [0.2, 0.25) is 0 Å². The van der Waals surface area contributed by atoms with Gasteiger partial charge < -0.3 is 5.73 Å². The Morgan fingerprint density at radius 2 is 1.93 bits per heavy atom. The standard InChI is InChI=1S/C13H17N/c14-13(8-3-9-13)12-7-2-5-10-4-1-6-11(10)12/h2,5,7H,1,3-4,6,8-9,14H2. The average molecular weight is 187 g/mol. The number of nitrogens with two attached hydrogens (primary N) is 1. The molecule has 1 nitrogen and oxygen atoms in total. The van der Waals surface area contributed by atoms with Crippen LogP contribution in [0, 0.1) is 0 Å². The van der Waals surface area contributed by atoms with Crippen LogP contribution in [0.1, 0.15) is 42.4 Å². The zero-order valence-corrected chi connectivity index (χ0v) is 8.55. The number of rotatable bonds is 1. The molecule has 2 N–H and O–H groups in total. The molecule has 2 aliphatic carbocycles. The van der Waals surface area contributed by atoms with E-state index in [9.17, 15) is 0 Å². The first kappa shape index (κ1) is 8.49. The minimum Gasteiger partial charge on any atom is -0.321 e. The van der Waals surface area contributed by atoms with Crippen LogP contribution < -0.4 is 5.73 Å². The van der Waals surface area contributed by atoms with E-state index in [1.165, 1.54) is 44.1 Å². The molecule has 3 rings (SSSR count). The van der Waals surface area contributed by atoms with E-state index in [4.69, 9.17) is 5.73 Å². The molecule has 0 heterocycles. The van der Waals surface area contributed by atoms with Crippen LogP contribution in [0.3, 0.4) is 0 Å². The number of benzene rings is 1. The lowest BCUT2D eigenvalue weighted by molar-refractivity contribution is 0.252. The summed E-state index contributed by atoms with van der Waals surface area (Å²) in [5, 5.41) is 0. The van der Waals surface area contributed by atoms with Crippen molar-refractivity contribution in [2.45, 2.75) is 44.1 Å². The molecule has 0 aliphatic heterocycles. The molecule has 1 aromatic carbocycles. The molecule has 0 unspecified atom stereocenters. The molecule has 0 atom stereocenters. The van der Waals surface area contributed by atoms with Gasteiger partial charge in [-0.15, -0.1) is 0 Å². The summed E-state index contributed by atoms with van der Waals surface area (Å²) >= 11 is 0. The third kappa shape index (κ3) is 1.05. The summed E-state index contributed by atoms with van der Waals surface area (Å²) in [5.41, 5.74) is 11.0. The molecule has 1 heteroatoms. The van der Waals surface area contributed by atoms with E-state index in [0.29, 0.717) is 0 Å². The van der Waals surface area contributed by atoms with Gasteiger partial charge in [-0.05, 0) is 55.2 Å². The number of fused-ring (bicyclic) bond motifs is 1. The van der Waals surface area contributed by atoms with Crippen LogP contribution >= 0.6 is 0 Å². The molecule has 2 aliphatic rings. The maximum Gasteiger partial charge on any atom is 0.0412 e. The van der Waals surface area contributed by atoms with Crippen LogP contribution in [-0.4, -0.2) is 0 Å². The number of hydrogen-bond acceptors (Lipinski definition) is 1. The second kappa shape index (κ2) is 2.83. The van der Waals surface area contributed by atoms with Crippen molar-refractivity contribution in [2.75, 3.05) is 0 Å². The first-order valence-electron chi connectivity index (χ1n) is 5.70. The Balaban J connectivity index is 2.10. The maximum absolute atomic E-state index is 6.40. The lowest BCUT2D eigenvalue weighted by atomic mass is 9.71. The van der Waals surface area contributed by atoms with E-state index in [2.05, 4.69) is 18.2 Å². The number of aryl methyl sites for hydroxylation is 1. The van der Waals surface area contributed by atoms with Gasteiger partial charge in [-0.1, -0.05) is 18.2 Å². The summed E-state index contributed by atoms with van der Waals surface area (Å²) in [6.45, 7) is 0. The summed E-state index contributed by atoms with van der Waals surface area (Å²) < 4.78 is 0. The highest BCUT2D eigenvalue weighted by atomic mass is 14.8. The van der Waals surface area contributed by atoms with Crippen molar-refractivity contribution >= 4 is 0 Å². The predicted molar refractivity (Wildman–Crippen MR) is 58.2 cm³/mol. The SMILES string of the molecule is NC1(c2cccc3c2CCC3)CCC1. The highest BCUT2D eigenvalue weighted by Gasteiger charge is 2.36. The monoisotopic (exact) mass is 187 g/mol. The van der Waals surface area contributed by atoms with Crippen LogP contribution in [0.4, 0.5) is 0 Å². The smallest absolute Gasteiger partial charge is 0.0412 e. The second-order valence-electron chi connectivity index (χ2n) is 4.81. The van der Waals surface area contributed by atoms with Crippen molar-refractivity contribution in [1.82, 2.24) is 0 Å². The molecular weight excluding hydrogens is 170 g/mol. The van der Waals surface area contributed by atoms with Gasteiger partial charge in [0.1, 0.15) is 0 Å². The first-order valence-corrected chi connectivity index (χ1v) is 5.70. The summed E-state index contributed by atoms with van der Waals surface area (Å²) in [5.74, 6) is 0. The predicted octanol–water partition coefficient (Wildman–Crippen LogP) is 2.51. The zero-order chi connectivity index (χ0) is 9.60. The quantitative estimate of drug-likeness (QED) is 0.718. The van der Waals surface area contributed by atoms with Crippen LogP contribution in [0.25, 0.3) is 0 Å². The van der Waals surface area contributed by atoms with Crippen molar-refractivity contribution in [2.24, 2.45) is 5.73 Å². The lowest BCUT2D eigenvalue weighted by Gasteiger charge is -2.40. The van der Waals surface area contributed by atoms with Gasteiger partial charge in [0, 0.05) is 5.54 Å². The Morgan fingerprint density at radius 3 is 2.64 bits per heavy atom. The van der Waals surface area contributed by atoms with Gasteiger partial charge in [0.25, 0.3) is 0 Å². The summed E-state index contributed by atoms with van der Waals surface area (Å²) in [7, 11) is 0. The third-order valence-corrected chi connectivity index (χ3v) is 3.93. The van der Waals surface area contributed by atoms with Gasteiger partial charge in [0.2, 0.25) is 0 Å². The zero-order valence-electron chi connectivity index (χ0n) is 8.55. The Kier molecular flexibility index (Phi) is 1.72. The molecule has 0 bridgehead atoms. The maximum atomic E-state index is 6.40. The van der Waals surface area contributed by atoms with Crippen molar-refractivity contribution in [3.63, 3.8) is 0 Å². The van der Waals surface area contributed by atoms with Crippen molar-refractivity contribution in [3.05, 3.63) is 34.9 Å². The van der Waals surface area contributed by atoms with Gasteiger partial charge >= 0.3 is 0 Å². The highest BCUT2D eigenvalue weighted by Crippen LogP contribution is 2.42. The van der Waals surface area contributed by atoms with Gasteiger partial charge in [-0.3, -0.25) is 0 Å². The average Bonchev–Trinajstić information content (AvgIpc) is 2.61. The highest BCUT2D eigenvalue weighted by molar-refractivity contribution is 5.43. The van der Waals surface area contributed by atoms with Gasteiger partial charge in [0.05, 0.1) is 0 Å². The number of hydrogen-bond donors (Lipinski definition) is 1. The normalized spacial score (nSPS) is 22.9. The molecule has 0 radical (unpaired) electrons. The van der Waals surface area contributed by atoms with Crippen molar-refractivity contribution in [1.29, 1.82) is 0 Å². The van der Waals surface area contributed by atoms with Gasteiger partial charge in [-0.2, -0.15) is 0 Å². The topological polar surface area (TPSA) is 26.0 Å². The molecule has 1 fully saturated rings. The fourth-order valence-electron chi connectivity index (χ4n) is 2.91. The lowest BCUT2D eigenvalue weighted by Crippen LogP contribution is -2.44. The second-order valence-corrected chi connectivity index (χ2v) is 4.81. The molecule has 0 saturated heterocycles. The summed E-state index contributed by atoms with van der Waals surface area (Å²) in [6, 6.07) is 6.71. The van der Waals surface area contributed by atoms with E-state index in [0.717, 1.165) is 0 Å². The molecule has 0 aromatic heterocycles. The largest absolute Gasteiger partial charge is 0.321 e. The van der Waals surface area contributed by atoms with Crippen molar-refractivity contribution in [3.8, 4) is 0 Å². The molecular formula is C13H17N. The molecule has 74 valence electrons. The Bertz CT molecular complexity index is 363. The minimum absolute atomic E-state index is 0.0374. The minimum atomic E-state index is 0.0374. The van der Waals surface area contributed by atoms with Crippen LogP contribution in [-0.2, 0) is 18.4 Å². The molecule has 0 spiro atoms. The summed E-state index contributed by atoms with van der Waals surface area (Å²) in [4.78, 5) is 0. The molecule has 1 saturated carbocycles. The van der Waals surface area contributed by atoms with Gasteiger partial charge in [0.15, 0.2) is 0 Å². The Morgan fingerprint density at radius 1 is 1.07 bits per heavy atom. The van der Waals surface area contributed by atoms with E-state index in [1.54, 1.807) is 11.1 Å². The molecule has 1 aromatic rings. The van der Waals surface area contributed by atoms with E-state index < -0.39 is 0 Å². The van der Waals surface area contributed by atoms with Crippen LogP contribution in [0.5, 0.6) is 0 Å². The first-order chi connectivity index (χ1) is 6.80. The molecule has 0 amide bonds. The van der Waals surface area contributed by atoms with E-state index in [-0.39, 0.29) is 5.54 Å². The van der Waals surface area contributed by atoms with Crippen molar-refractivity contribution < 1.29 is 0 Å². The van der Waals surface area contributed by atoms with E-state index >= 15 is 0 Å². The fourth-order valence-corrected chi connectivity index (χ4v) is 2.91. The van der Waals surface area contributed by atoms with E-state index in [1.807, 2.05) is 0 Å². The third-order valence-electron chi connectivity index (χ3n) is 3.93. The Labute approximate surface area is 85.3 Å². The Hall–Kier alpha value is -0.820. The fraction of sp³-hybridized carbons (Fsp3) is 0.538. The van der Waals surface area contributed by atoms with Crippen LogP contribution in [0.15, 0.2) is 18.2 Å².